The lowest BCUT2D eigenvalue weighted by Gasteiger charge is -2.29. The maximum Gasteiger partial charge on any atom is 0.411 e. The van der Waals surface area contributed by atoms with E-state index in [0.29, 0.717) is 6.42 Å². The third-order valence-corrected chi connectivity index (χ3v) is 5.83. The number of benzene rings is 1. The van der Waals surface area contributed by atoms with E-state index >= 15 is 0 Å². The van der Waals surface area contributed by atoms with Gasteiger partial charge in [0.05, 0.1) is 0 Å². The van der Waals surface area contributed by atoms with Crippen LogP contribution in [0.1, 0.15) is 52.2 Å². The lowest BCUT2D eigenvalue weighted by molar-refractivity contribution is -0.160. The Morgan fingerprint density at radius 1 is 1.15 bits per heavy atom. The molecule has 0 unspecified atom stereocenters. The smallest absolute Gasteiger partial charge is 0.411 e. The molecule has 1 saturated heterocycles. The van der Waals surface area contributed by atoms with Gasteiger partial charge in [0.2, 0.25) is 0 Å². The van der Waals surface area contributed by atoms with Crippen LogP contribution in [0.3, 0.4) is 0 Å². The van der Waals surface area contributed by atoms with Crippen molar-refractivity contribution >= 4 is 24.1 Å². The van der Waals surface area contributed by atoms with E-state index in [4.69, 9.17) is 18.9 Å². The Kier molecular flexibility index (Phi) is 11.6. The van der Waals surface area contributed by atoms with E-state index in [2.05, 4.69) is 11.9 Å². The van der Waals surface area contributed by atoms with Crippen molar-refractivity contribution in [1.29, 1.82) is 0 Å². The third-order valence-electron chi connectivity index (χ3n) is 5.83. The average molecular weight is 545 g/mol. The molecule has 1 aliphatic heterocycles. The molecule has 0 spiro atoms. The van der Waals surface area contributed by atoms with Crippen molar-refractivity contribution in [3.63, 3.8) is 0 Å². The predicted molar refractivity (Wildman–Crippen MR) is 145 cm³/mol. The fraction of sp³-hybridized carbons (Fsp3) is 0.517. The van der Waals surface area contributed by atoms with E-state index in [0.717, 1.165) is 11.1 Å². The van der Waals surface area contributed by atoms with Gasteiger partial charge >= 0.3 is 24.1 Å². The van der Waals surface area contributed by atoms with Crippen molar-refractivity contribution in [2.45, 2.75) is 78.4 Å². The number of amides is 2. The largest absolute Gasteiger partial charge is 0.460 e. The van der Waals surface area contributed by atoms with Gasteiger partial charge in [-0.05, 0) is 59.4 Å². The Morgan fingerprint density at radius 3 is 2.41 bits per heavy atom. The fourth-order valence-corrected chi connectivity index (χ4v) is 3.96. The van der Waals surface area contributed by atoms with Gasteiger partial charge in [-0.25, -0.2) is 19.2 Å². The van der Waals surface area contributed by atoms with E-state index < -0.39 is 47.9 Å². The van der Waals surface area contributed by atoms with Crippen LogP contribution >= 0.6 is 0 Å². The molecule has 0 saturated carbocycles. The molecule has 0 aromatic heterocycles. The molecule has 1 aliphatic rings. The Balaban J connectivity index is 2.12. The highest BCUT2D eigenvalue weighted by molar-refractivity contribution is 5.85. The van der Waals surface area contributed by atoms with Crippen LogP contribution < -0.4 is 5.32 Å². The van der Waals surface area contributed by atoms with E-state index in [1.165, 1.54) is 17.9 Å². The van der Waals surface area contributed by atoms with Crippen LogP contribution in [-0.2, 0) is 35.1 Å². The van der Waals surface area contributed by atoms with Gasteiger partial charge in [0.1, 0.15) is 31.0 Å². The van der Waals surface area contributed by atoms with Gasteiger partial charge in [-0.3, -0.25) is 4.90 Å². The molecular weight excluding hydrogens is 504 g/mol. The van der Waals surface area contributed by atoms with Crippen molar-refractivity contribution in [3.05, 3.63) is 60.2 Å². The number of hydrogen-bond acceptors (Lipinski definition) is 8. The number of carbonyl (C=O) groups excluding carboxylic acids is 4. The monoisotopic (exact) mass is 544 g/mol. The second-order valence-corrected chi connectivity index (χ2v) is 10.4. The van der Waals surface area contributed by atoms with E-state index in [1.54, 1.807) is 20.8 Å². The number of nitrogens with zero attached hydrogens (tertiary/aromatic N) is 1. The SMILES string of the molecule is C=CCOC(=O)[C@H](NC(=O)OCc1ccc(C)cc1)[C@@H](C)OC(=O)[C@@H]1C[C@H](/C=C\C)CN1C(=O)OC(C)(C)C. The quantitative estimate of drug-likeness (QED) is 0.261. The van der Waals surface area contributed by atoms with E-state index in [9.17, 15) is 19.2 Å². The van der Waals surface area contributed by atoms with Crippen molar-refractivity contribution in [2.75, 3.05) is 13.2 Å². The summed E-state index contributed by atoms with van der Waals surface area (Å²) in [5.74, 6) is -1.62. The first-order chi connectivity index (χ1) is 18.3. The summed E-state index contributed by atoms with van der Waals surface area (Å²) in [6.07, 6.45) is 2.81. The zero-order valence-electron chi connectivity index (χ0n) is 23.6. The number of ether oxygens (including phenoxy) is 4. The highest BCUT2D eigenvalue weighted by atomic mass is 16.6. The van der Waals surface area contributed by atoms with Gasteiger partial charge in [-0.2, -0.15) is 0 Å². The predicted octanol–water partition coefficient (Wildman–Crippen LogP) is 4.45. The topological polar surface area (TPSA) is 120 Å². The zero-order chi connectivity index (χ0) is 29.2. The number of likely N-dealkylation sites (tertiary alicyclic amines) is 1. The lowest BCUT2D eigenvalue weighted by Crippen LogP contribution is -2.52. The molecule has 0 bridgehead atoms. The van der Waals surface area contributed by atoms with E-state index in [-0.39, 0.29) is 25.7 Å². The number of hydrogen-bond donors (Lipinski definition) is 1. The molecule has 1 fully saturated rings. The maximum atomic E-state index is 13.2. The molecular formula is C29H40N2O8. The molecule has 1 aromatic rings. The summed E-state index contributed by atoms with van der Waals surface area (Å²) < 4.78 is 21.4. The molecule has 1 aromatic carbocycles. The second kappa shape index (κ2) is 14.4. The molecule has 214 valence electrons. The number of aryl methyl sites for hydroxylation is 1. The minimum absolute atomic E-state index is 0.0199. The van der Waals surface area contributed by atoms with Crippen molar-refractivity contribution in [2.24, 2.45) is 5.92 Å². The number of esters is 2. The summed E-state index contributed by atoms with van der Waals surface area (Å²) in [7, 11) is 0. The first kappa shape index (κ1) is 31.4. The summed E-state index contributed by atoms with van der Waals surface area (Å²) >= 11 is 0. The van der Waals surface area contributed by atoms with Crippen LogP contribution in [0.2, 0.25) is 0 Å². The van der Waals surface area contributed by atoms with Crippen LogP contribution in [0.5, 0.6) is 0 Å². The van der Waals surface area contributed by atoms with Crippen molar-refractivity contribution in [3.8, 4) is 0 Å². The first-order valence-electron chi connectivity index (χ1n) is 12.9. The molecule has 1 N–H and O–H groups in total. The Morgan fingerprint density at radius 2 is 1.82 bits per heavy atom. The third kappa shape index (κ3) is 10.1. The summed E-state index contributed by atoms with van der Waals surface area (Å²) in [5.41, 5.74) is 1.08. The minimum atomic E-state index is -1.36. The van der Waals surface area contributed by atoms with Crippen molar-refractivity contribution in [1.82, 2.24) is 10.2 Å². The fourth-order valence-electron chi connectivity index (χ4n) is 3.96. The van der Waals surface area contributed by atoms with Crippen LogP contribution in [0, 0.1) is 12.8 Å². The number of rotatable bonds is 10. The van der Waals surface area contributed by atoms with Crippen LogP contribution in [0.25, 0.3) is 0 Å². The normalized spacial score (nSPS) is 18.7. The van der Waals surface area contributed by atoms with Crippen LogP contribution in [0.15, 0.2) is 49.1 Å². The molecule has 10 nitrogen and oxygen atoms in total. The van der Waals surface area contributed by atoms with Gasteiger partial charge in [0.25, 0.3) is 0 Å². The Hall–Kier alpha value is -3.82. The average Bonchev–Trinajstić information content (AvgIpc) is 3.29. The van der Waals surface area contributed by atoms with Gasteiger partial charge < -0.3 is 24.3 Å². The molecule has 2 rings (SSSR count). The standard InChI is InChI=1S/C29H40N2O8/c1-8-10-22-16-23(31(17-22)28(35)39-29(5,6)7)25(32)38-20(4)24(26(33)36-15-9-2)30-27(34)37-18-21-13-11-19(3)12-14-21/h8-14,20,22-24H,2,15-18H2,1,3-7H3,(H,30,34)/b10-8-/t20-,22+,23+,24-/m1/s1. The molecule has 2 amide bonds. The van der Waals surface area contributed by atoms with E-state index in [1.807, 2.05) is 50.3 Å². The minimum Gasteiger partial charge on any atom is -0.460 e. The van der Waals surface area contributed by atoms with Gasteiger partial charge in [-0.1, -0.05) is 54.6 Å². The summed E-state index contributed by atoms with van der Waals surface area (Å²) in [6.45, 7) is 14.1. The number of alkyl carbamates (subject to hydrolysis) is 1. The van der Waals surface area contributed by atoms with Crippen molar-refractivity contribution < 1.29 is 38.1 Å². The number of allylic oxidation sites excluding steroid dienone is 1. The maximum absolute atomic E-state index is 13.2. The summed E-state index contributed by atoms with van der Waals surface area (Å²) in [6, 6.07) is 5.13. The highest BCUT2D eigenvalue weighted by Crippen LogP contribution is 2.28. The molecule has 0 aliphatic carbocycles. The molecule has 4 atom stereocenters. The second-order valence-electron chi connectivity index (χ2n) is 10.4. The number of carbonyl (C=O) groups is 4. The van der Waals surface area contributed by atoms with Crippen LogP contribution in [0.4, 0.5) is 9.59 Å². The van der Waals surface area contributed by atoms with Gasteiger partial charge in [-0.15, -0.1) is 0 Å². The molecule has 10 heteroatoms. The Labute approximate surface area is 230 Å². The molecule has 39 heavy (non-hydrogen) atoms. The Bertz CT molecular complexity index is 1040. The van der Waals surface area contributed by atoms with Gasteiger partial charge in [0.15, 0.2) is 6.04 Å². The summed E-state index contributed by atoms with van der Waals surface area (Å²) in [5, 5.41) is 2.43. The summed E-state index contributed by atoms with van der Waals surface area (Å²) in [4.78, 5) is 52.7. The van der Waals surface area contributed by atoms with Crippen LogP contribution in [-0.4, -0.2) is 66.0 Å². The number of nitrogens with one attached hydrogen (secondary N) is 1. The molecule has 0 radical (unpaired) electrons. The van der Waals surface area contributed by atoms with Gasteiger partial charge in [0, 0.05) is 6.54 Å². The highest BCUT2D eigenvalue weighted by Gasteiger charge is 2.43. The molecule has 1 heterocycles. The lowest BCUT2D eigenvalue weighted by atomic mass is 10.1. The zero-order valence-corrected chi connectivity index (χ0v) is 23.6. The first-order valence-corrected chi connectivity index (χ1v) is 12.9.